The minimum absolute atomic E-state index is 0.153. The van der Waals surface area contributed by atoms with E-state index in [0.29, 0.717) is 17.9 Å². The summed E-state index contributed by atoms with van der Waals surface area (Å²) in [7, 11) is 0. The predicted octanol–water partition coefficient (Wildman–Crippen LogP) is 4.03. The molecule has 0 aromatic heterocycles. The number of ether oxygens (including phenoxy) is 2. The van der Waals surface area contributed by atoms with Crippen LogP contribution in [0.3, 0.4) is 0 Å². The van der Waals surface area contributed by atoms with Crippen LogP contribution in [0.1, 0.15) is 6.92 Å². The van der Waals surface area contributed by atoms with Crippen LogP contribution in [0.15, 0.2) is 48.5 Å². The molecular weight excluding hydrogens is 339 g/mol. The van der Waals surface area contributed by atoms with E-state index in [4.69, 9.17) is 15.9 Å². The molecule has 0 spiro atoms. The number of benzene rings is 2. The molecule has 0 saturated carbocycles. The molecule has 0 aliphatic carbocycles. The van der Waals surface area contributed by atoms with Crippen LogP contribution in [-0.2, 0) is 4.74 Å². The van der Waals surface area contributed by atoms with E-state index < -0.39 is 18.0 Å². The lowest BCUT2D eigenvalue weighted by Gasteiger charge is -2.20. The molecular formula is C19H17FN2O4. The Morgan fingerprint density at radius 3 is 2.69 bits per heavy atom. The number of nitrogens with one attached hydrogen (secondary N) is 1. The van der Waals surface area contributed by atoms with E-state index in [0.717, 1.165) is 0 Å². The molecule has 0 aliphatic rings. The summed E-state index contributed by atoms with van der Waals surface area (Å²) in [5.41, 5.74) is 0.746. The van der Waals surface area contributed by atoms with Crippen LogP contribution in [0.2, 0.25) is 0 Å². The van der Waals surface area contributed by atoms with Gasteiger partial charge in [-0.25, -0.2) is 14.0 Å². The highest BCUT2D eigenvalue weighted by Gasteiger charge is 2.17. The lowest BCUT2D eigenvalue weighted by atomic mass is 10.3. The van der Waals surface area contributed by atoms with E-state index in [2.05, 4.69) is 11.2 Å². The first-order valence-electron chi connectivity index (χ1n) is 7.75. The van der Waals surface area contributed by atoms with Gasteiger partial charge in [-0.3, -0.25) is 10.2 Å². The van der Waals surface area contributed by atoms with Gasteiger partial charge in [0, 0.05) is 24.0 Å². The van der Waals surface area contributed by atoms with Gasteiger partial charge in [-0.2, -0.15) is 0 Å². The second-order valence-electron chi connectivity index (χ2n) is 5.03. The summed E-state index contributed by atoms with van der Waals surface area (Å²) in [5, 5.41) is 2.46. The van der Waals surface area contributed by atoms with Crippen LogP contribution >= 0.6 is 0 Å². The molecule has 2 aromatic carbocycles. The molecule has 0 radical (unpaired) electrons. The number of halogens is 1. The fourth-order valence-corrected chi connectivity index (χ4v) is 2.12. The summed E-state index contributed by atoms with van der Waals surface area (Å²) >= 11 is 0. The maximum absolute atomic E-state index is 13.4. The lowest BCUT2D eigenvalue weighted by Crippen LogP contribution is -2.33. The van der Waals surface area contributed by atoms with E-state index >= 15 is 0 Å². The first-order valence-corrected chi connectivity index (χ1v) is 7.75. The van der Waals surface area contributed by atoms with Gasteiger partial charge < -0.3 is 9.47 Å². The number of nitrogens with zero attached hydrogens (tertiary/aromatic N) is 1. The highest BCUT2D eigenvalue weighted by Crippen LogP contribution is 2.21. The second-order valence-corrected chi connectivity index (χ2v) is 5.03. The van der Waals surface area contributed by atoms with Gasteiger partial charge in [0.05, 0.1) is 0 Å². The zero-order valence-corrected chi connectivity index (χ0v) is 14.1. The molecule has 1 N–H and O–H groups in total. The fourth-order valence-electron chi connectivity index (χ4n) is 2.12. The van der Waals surface area contributed by atoms with Crippen molar-refractivity contribution in [3.05, 3.63) is 54.3 Å². The van der Waals surface area contributed by atoms with Crippen molar-refractivity contribution in [1.29, 1.82) is 0 Å². The van der Waals surface area contributed by atoms with Gasteiger partial charge in [0.15, 0.2) is 6.61 Å². The van der Waals surface area contributed by atoms with Gasteiger partial charge in [0.2, 0.25) is 0 Å². The van der Waals surface area contributed by atoms with Crippen molar-refractivity contribution >= 4 is 23.6 Å². The maximum atomic E-state index is 13.4. The van der Waals surface area contributed by atoms with Gasteiger partial charge in [-0.15, -0.1) is 6.42 Å². The number of carbonyl (C=O) groups is 2. The summed E-state index contributed by atoms with van der Waals surface area (Å²) in [4.78, 5) is 25.2. The molecule has 0 aliphatic heterocycles. The van der Waals surface area contributed by atoms with Crippen molar-refractivity contribution in [3.8, 4) is 18.1 Å². The van der Waals surface area contributed by atoms with Crippen molar-refractivity contribution in [2.45, 2.75) is 6.92 Å². The Bertz CT molecular complexity index is 832. The predicted molar refractivity (Wildman–Crippen MR) is 95.7 cm³/mol. The molecule has 0 unspecified atom stereocenters. The van der Waals surface area contributed by atoms with Crippen molar-refractivity contribution in [1.82, 2.24) is 0 Å². The molecule has 6 nitrogen and oxygen atoms in total. The standard InChI is InChI=1S/C19H17FN2O4/c1-3-11-25-18(23)21-15-8-6-10-17(13-15)26-19(24)22(4-2)16-9-5-7-14(20)12-16/h1,5-10,12-13H,4,11H2,2H3,(H,21,23). The van der Waals surface area contributed by atoms with Crippen LogP contribution in [0.4, 0.5) is 25.4 Å². The molecule has 2 amide bonds. The average Bonchev–Trinajstić information content (AvgIpc) is 2.61. The van der Waals surface area contributed by atoms with Crippen LogP contribution in [-0.4, -0.2) is 25.3 Å². The molecule has 0 heterocycles. The van der Waals surface area contributed by atoms with Crippen molar-refractivity contribution in [2.75, 3.05) is 23.4 Å². The topological polar surface area (TPSA) is 67.9 Å². The monoisotopic (exact) mass is 356 g/mol. The van der Waals surface area contributed by atoms with Crippen molar-refractivity contribution < 1.29 is 23.5 Å². The molecule has 0 atom stereocenters. The van der Waals surface area contributed by atoms with E-state index in [1.165, 1.54) is 29.2 Å². The molecule has 26 heavy (non-hydrogen) atoms. The molecule has 134 valence electrons. The van der Waals surface area contributed by atoms with E-state index in [1.54, 1.807) is 31.2 Å². The van der Waals surface area contributed by atoms with Gasteiger partial charge >= 0.3 is 12.2 Å². The molecule has 0 fully saturated rings. The first kappa shape index (κ1) is 18.8. The summed E-state index contributed by atoms with van der Waals surface area (Å²) in [6.45, 7) is 1.88. The highest BCUT2D eigenvalue weighted by molar-refractivity contribution is 5.89. The van der Waals surface area contributed by atoms with Crippen LogP contribution < -0.4 is 15.0 Å². The average molecular weight is 356 g/mol. The molecule has 0 saturated heterocycles. The number of carbonyl (C=O) groups excluding carboxylic acids is 2. The number of hydrogen-bond acceptors (Lipinski definition) is 4. The molecule has 0 bridgehead atoms. The highest BCUT2D eigenvalue weighted by atomic mass is 19.1. The minimum Gasteiger partial charge on any atom is -0.436 e. The third-order valence-corrected chi connectivity index (χ3v) is 3.23. The van der Waals surface area contributed by atoms with Gasteiger partial charge in [0.1, 0.15) is 11.6 Å². The first-order chi connectivity index (χ1) is 12.5. The number of amides is 2. The van der Waals surface area contributed by atoms with E-state index in [9.17, 15) is 14.0 Å². The van der Waals surface area contributed by atoms with E-state index in [-0.39, 0.29) is 12.4 Å². The minimum atomic E-state index is -0.721. The number of anilines is 2. The third kappa shape index (κ3) is 5.24. The fraction of sp³-hybridized carbons (Fsp3) is 0.158. The number of hydrogen-bond donors (Lipinski definition) is 1. The maximum Gasteiger partial charge on any atom is 0.419 e. The van der Waals surface area contributed by atoms with Gasteiger partial charge in [0.25, 0.3) is 0 Å². The molecule has 2 aromatic rings. The Labute approximate surface area is 150 Å². The molecule has 7 heteroatoms. The summed E-state index contributed by atoms with van der Waals surface area (Å²) < 4.78 is 23.4. The summed E-state index contributed by atoms with van der Waals surface area (Å²) in [6, 6.07) is 11.8. The largest absolute Gasteiger partial charge is 0.436 e. The zero-order valence-electron chi connectivity index (χ0n) is 14.1. The van der Waals surface area contributed by atoms with Crippen LogP contribution in [0.25, 0.3) is 0 Å². The van der Waals surface area contributed by atoms with Crippen LogP contribution in [0.5, 0.6) is 5.75 Å². The third-order valence-electron chi connectivity index (χ3n) is 3.23. The second kappa shape index (κ2) is 9.08. The zero-order chi connectivity index (χ0) is 18.9. The number of rotatable bonds is 5. The SMILES string of the molecule is C#CCOC(=O)Nc1cccc(OC(=O)N(CC)c2cccc(F)c2)c1. The Morgan fingerprint density at radius 1 is 1.23 bits per heavy atom. The Balaban J connectivity index is 2.07. The Morgan fingerprint density at radius 2 is 2.00 bits per heavy atom. The van der Waals surface area contributed by atoms with Crippen LogP contribution in [0, 0.1) is 18.2 Å². The number of terminal acetylenes is 1. The smallest absolute Gasteiger partial charge is 0.419 e. The van der Waals surface area contributed by atoms with Gasteiger partial charge in [-0.05, 0) is 37.3 Å². The quantitative estimate of drug-likeness (QED) is 0.821. The summed E-state index contributed by atoms with van der Waals surface area (Å²) in [5.74, 6) is 1.93. The van der Waals surface area contributed by atoms with Crippen molar-refractivity contribution in [3.63, 3.8) is 0 Å². The van der Waals surface area contributed by atoms with E-state index in [1.807, 2.05) is 0 Å². The van der Waals surface area contributed by atoms with Crippen molar-refractivity contribution in [2.24, 2.45) is 0 Å². The lowest BCUT2D eigenvalue weighted by molar-refractivity contribution is 0.176. The summed E-state index contributed by atoms with van der Waals surface area (Å²) in [6.07, 6.45) is 3.61. The normalized spacial score (nSPS) is 9.73. The van der Waals surface area contributed by atoms with Gasteiger partial charge in [-0.1, -0.05) is 18.1 Å². The molecule has 2 rings (SSSR count). The Hall–Kier alpha value is -3.53. The Kier molecular flexibility index (Phi) is 6.57.